The fourth-order valence-electron chi connectivity index (χ4n) is 3.83. The normalized spacial score (nSPS) is 13.5. The summed E-state index contributed by atoms with van der Waals surface area (Å²) in [5, 5.41) is 12.5. The summed E-state index contributed by atoms with van der Waals surface area (Å²) in [6.07, 6.45) is 3.64. The predicted molar refractivity (Wildman–Crippen MR) is 133 cm³/mol. The lowest BCUT2D eigenvalue weighted by Gasteiger charge is -2.20. The molecule has 1 aliphatic rings. The minimum Gasteiger partial charge on any atom is -0.503 e. The largest absolute Gasteiger partial charge is 0.503 e. The van der Waals surface area contributed by atoms with Gasteiger partial charge in [-0.1, -0.05) is 36.4 Å². The van der Waals surface area contributed by atoms with Crippen LogP contribution in [0, 0.1) is 11.7 Å². The summed E-state index contributed by atoms with van der Waals surface area (Å²) in [5.74, 6) is -1.22. The number of hydrogen-bond acceptors (Lipinski definition) is 7. The van der Waals surface area contributed by atoms with Gasteiger partial charge in [0.2, 0.25) is 0 Å². The monoisotopic (exact) mass is 508 g/mol. The lowest BCUT2D eigenvalue weighted by atomic mass is 10.0. The molecule has 0 bridgehead atoms. The SMILES string of the molecule is COc1ccnc(C(=O)NCC(=O)OC(Cc2ccccc2)Cc2ccc(F)cc2OCC2CC2)c1O. The first-order valence-electron chi connectivity index (χ1n) is 12.1. The first-order chi connectivity index (χ1) is 17.9. The number of ether oxygens (including phenoxy) is 3. The van der Waals surface area contributed by atoms with E-state index in [1.165, 1.54) is 31.5 Å². The zero-order valence-corrected chi connectivity index (χ0v) is 20.5. The summed E-state index contributed by atoms with van der Waals surface area (Å²) < 4.78 is 30.5. The Hall–Kier alpha value is -4.14. The van der Waals surface area contributed by atoms with Crippen molar-refractivity contribution in [3.8, 4) is 17.2 Å². The number of nitrogens with one attached hydrogen (secondary N) is 1. The first kappa shape index (κ1) is 25.9. The van der Waals surface area contributed by atoms with Crippen LogP contribution in [0.5, 0.6) is 17.2 Å². The highest BCUT2D eigenvalue weighted by Crippen LogP contribution is 2.31. The lowest BCUT2D eigenvalue weighted by molar-refractivity contribution is -0.147. The van der Waals surface area contributed by atoms with E-state index in [0.29, 0.717) is 31.1 Å². The molecule has 4 rings (SSSR count). The van der Waals surface area contributed by atoms with Crippen LogP contribution < -0.4 is 14.8 Å². The summed E-state index contributed by atoms with van der Waals surface area (Å²) in [5.41, 5.74) is 1.42. The minimum atomic E-state index is -0.748. The van der Waals surface area contributed by atoms with Gasteiger partial charge in [0.15, 0.2) is 17.2 Å². The zero-order valence-electron chi connectivity index (χ0n) is 20.5. The number of benzene rings is 2. The van der Waals surface area contributed by atoms with Gasteiger partial charge in [0, 0.05) is 31.2 Å². The van der Waals surface area contributed by atoms with Crippen LogP contribution in [0.2, 0.25) is 0 Å². The number of rotatable bonds is 12. The molecule has 8 nitrogen and oxygen atoms in total. The molecular weight excluding hydrogens is 479 g/mol. The van der Waals surface area contributed by atoms with Crippen LogP contribution in [0.25, 0.3) is 0 Å². The van der Waals surface area contributed by atoms with Gasteiger partial charge < -0.3 is 24.6 Å². The Morgan fingerprint density at radius 1 is 1.11 bits per heavy atom. The smallest absolute Gasteiger partial charge is 0.325 e. The number of nitrogens with zero attached hydrogens (tertiary/aromatic N) is 1. The van der Waals surface area contributed by atoms with Crippen molar-refractivity contribution in [1.82, 2.24) is 10.3 Å². The Labute approximate surface area is 214 Å². The molecule has 1 aliphatic carbocycles. The maximum absolute atomic E-state index is 13.9. The van der Waals surface area contributed by atoms with Crippen LogP contribution in [0.4, 0.5) is 4.39 Å². The molecule has 3 aromatic rings. The molecule has 1 atom stereocenters. The number of hydrogen-bond donors (Lipinski definition) is 2. The molecule has 0 spiro atoms. The Morgan fingerprint density at radius 2 is 1.89 bits per heavy atom. The Kier molecular flexibility index (Phi) is 8.56. The molecule has 0 aliphatic heterocycles. The number of aromatic nitrogens is 1. The Bertz CT molecular complexity index is 1230. The van der Waals surface area contributed by atoms with E-state index in [2.05, 4.69) is 10.3 Å². The fourth-order valence-corrected chi connectivity index (χ4v) is 3.83. The van der Waals surface area contributed by atoms with Crippen LogP contribution >= 0.6 is 0 Å². The fraction of sp³-hybridized carbons (Fsp3) is 0.321. The summed E-state index contributed by atoms with van der Waals surface area (Å²) in [7, 11) is 1.35. The number of pyridine rings is 1. The van der Waals surface area contributed by atoms with E-state index in [4.69, 9.17) is 14.2 Å². The van der Waals surface area contributed by atoms with Crippen molar-refractivity contribution in [3.05, 3.63) is 83.4 Å². The molecule has 37 heavy (non-hydrogen) atoms. The van der Waals surface area contributed by atoms with Crippen LogP contribution in [-0.4, -0.2) is 48.3 Å². The number of carbonyl (C=O) groups is 2. The number of halogens is 1. The molecular formula is C28H29FN2O6. The van der Waals surface area contributed by atoms with E-state index >= 15 is 0 Å². The number of esters is 1. The maximum Gasteiger partial charge on any atom is 0.325 e. The van der Waals surface area contributed by atoms with Crippen molar-refractivity contribution in [2.24, 2.45) is 5.92 Å². The van der Waals surface area contributed by atoms with Gasteiger partial charge in [0.05, 0.1) is 13.7 Å². The van der Waals surface area contributed by atoms with Gasteiger partial charge in [0.1, 0.15) is 24.2 Å². The highest BCUT2D eigenvalue weighted by Gasteiger charge is 2.24. The molecule has 1 amide bonds. The van der Waals surface area contributed by atoms with Crippen molar-refractivity contribution < 1.29 is 33.3 Å². The van der Waals surface area contributed by atoms with Crippen molar-refractivity contribution in [3.63, 3.8) is 0 Å². The summed E-state index contributed by atoms with van der Waals surface area (Å²) in [6.45, 7) is 0.0910. The highest BCUT2D eigenvalue weighted by atomic mass is 19.1. The Morgan fingerprint density at radius 3 is 2.62 bits per heavy atom. The van der Waals surface area contributed by atoms with Gasteiger partial charge in [-0.2, -0.15) is 0 Å². The molecule has 2 N–H and O–H groups in total. The van der Waals surface area contributed by atoms with Gasteiger partial charge in [-0.25, -0.2) is 9.37 Å². The van der Waals surface area contributed by atoms with Crippen LogP contribution in [0.15, 0.2) is 60.8 Å². The van der Waals surface area contributed by atoms with Crippen molar-refractivity contribution in [2.45, 2.75) is 31.8 Å². The van der Waals surface area contributed by atoms with Crippen LogP contribution in [-0.2, 0) is 22.4 Å². The molecule has 9 heteroatoms. The zero-order chi connectivity index (χ0) is 26.2. The predicted octanol–water partition coefficient (Wildman–Crippen LogP) is 3.85. The molecule has 1 saturated carbocycles. The summed E-state index contributed by atoms with van der Waals surface area (Å²) in [6, 6.07) is 15.3. The van der Waals surface area contributed by atoms with Crippen LogP contribution in [0.3, 0.4) is 0 Å². The second-order valence-corrected chi connectivity index (χ2v) is 8.91. The van der Waals surface area contributed by atoms with Gasteiger partial charge in [0.25, 0.3) is 5.91 Å². The van der Waals surface area contributed by atoms with E-state index in [0.717, 1.165) is 24.0 Å². The molecule has 194 valence electrons. The lowest BCUT2D eigenvalue weighted by Crippen LogP contribution is -2.34. The first-order valence-corrected chi connectivity index (χ1v) is 12.1. The molecule has 0 radical (unpaired) electrons. The Balaban J connectivity index is 1.43. The van der Waals surface area contributed by atoms with Crippen molar-refractivity contribution in [2.75, 3.05) is 20.3 Å². The van der Waals surface area contributed by atoms with Gasteiger partial charge >= 0.3 is 5.97 Å². The molecule has 1 fully saturated rings. The maximum atomic E-state index is 13.9. The van der Waals surface area contributed by atoms with E-state index in [9.17, 15) is 19.1 Å². The minimum absolute atomic E-state index is 0.0876. The number of amides is 1. The van der Waals surface area contributed by atoms with Gasteiger partial charge in [-0.15, -0.1) is 0 Å². The third-order valence-electron chi connectivity index (χ3n) is 5.97. The topological polar surface area (TPSA) is 107 Å². The average Bonchev–Trinajstić information content (AvgIpc) is 3.73. The highest BCUT2D eigenvalue weighted by molar-refractivity contribution is 5.97. The molecule has 1 aromatic heterocycles. The van der Waals surface area contributed by atoms with Gasteiger partial charge in [-0.3, -0.25) is 9.59 Å². The second-order valence-electron chi connectivity index (χ2n) is 8.91. The molecule has 1 unspecified atom stereocenters. The van der Waals surface area contributed by atoms with Crippen molar-refractivity contribution >= 4 is 11.9 Å². The summed E-state index contributed by atoms with van der Waals surface area (Å²) in [4.78, 5) is 29.0. The third kappa shape index (κ3) is 7.42. The average molecular weight is 509 g/mol. The van der Waals surface area contributed by atoms with E-state index < -0.39 is 36.1 Å². The third-order valence-corrected chi connectivity index (χ3v) is 5.97. The number of aromatic hydroxyl groups is 1. The second kappa shape index (κ2) is 12.2. The quantitative estimate of drug-likeness (QED) is 0.358. The van der Waals surface area contributed by atoms with E-state index in [1.54, 1.807) is 6.07 Å². The molecule has 0 saturated heterocycles. The van der Waals surface area contributed by atoms with Gasteiger partial charge in [-0.05, 0) is 36.0 Å². The molecule has 1 heterocycles. The summed E-state index contributed by atoms with van der Waals surface area (Å²) >= 11 is 0. The number of methoxy groups -OCH3 is 1. The standard InChI is InChI=1S/C28H29FN2O6/c1-35-23-11-12-30-26(27(23)33)28(34)31-16-25(32)37-22(13-18-5-3-2-4-6-18)14-20-9-10-21(29)15-24(20)36-17-19-7-8-19/h2-6,9-12,15,19,22,33H,7-8,13-14,16-17H2,1H3,(H,31,34). The van der Waals surface area contributed by atoms with E-state index in [1.807, 2.05) is 30.3 Å². The van der Waals surface area contributed by atoms with Crippen molar-refractivity contribution in [1.29, 1.82) is 0 Å². The van der Waals surface area contributed by atoms with E-state index in [-0.39, 0.29) is 11.4 Å². The molecule has 2 aromatic carbocycles. The van der Waals surface area contributed by atoms with Crippen LogP contribution in [0.1, 0.15) is 34.5 Å². The number of carbonyl (C=O) groups excluding carboxylic acids is 2.